The Labute approximate surface area is 140 Å². The quantitative estimate of drug-likeness (QED) is 0.670. The maximum absolute atomic E-state index is 12.9. The van der Waals surface area contributed by atoms with Crippen LogP contribution in [0.1, 0.15) is 10.5 Å². The first-order valence-electron chi connectivity index (χ1n) is 7.62. The normalized spacial score (nSPS) is 22.8. The van der Waals surface area contributed by atoms with Gasteiger partial charge in [0.05, 0.1) is 7.11 Å². The number of amides is 1. The smallest absolute Gasteiger partial charge is 0.354 e. The van der Waals surface area contributed by atoms with Gasteiger partial charge in [-0.15, -0.1) is 0 Å². The van der Waals surface area contributed by atoms with Crippen molar-refractivity contribution in [3.05, 3.63) is 17.8 Å². The number of aromatic nitrogens is 1. The van der Waals surface area contributed by atoms with Crippen molar-refractivity contribution in [3.63, 3.8) is 0 Å². The number of ether oxygens (including phenoxy) is 1. The summed E-state index contributed by atoms with van der Waals surface area (Å²) < 4.78 is 33.1. The summed E-state index contributed by atoms with van der Waals surface area (Å²) in [6.07, 6.45) is 0. The van der Waals surface area contributed by atoms with Crippen molar-refractivity contribution >= 4 is 21.9 Å². The Balaban J connectivity index is 1.87. The molecule has 2 aliphatic rings. The highest BCUT2D eigenvalue weighted by atomic mass is 32.2. The third-order valence-corrected chi connectivity index (χ3v) is 6.48. The maximum atomic E-state index is 12.9. The minimum absolute atomic E-state index is 0.00701. The molecule has 0 aliphatic carbocycles. The van der Waals surface area contributed by atoms with E-state index in [2.05, 4.69) is 10.1 Å². The van der Waals surface area contributed by atoms with Crippen molar-refractivity contribution in [3.8, 4) is 0 Å². The molecule has 0 radical (unpaired) electrons. The SMILES string of the molecule is COC(=O)c1ccc(S(=O)(=O)N2CCN3CCNC(=O)[C@H]3C2)n1C. The molecule has 3 heterocycles. The molecular formula is C14H20N4O5S. The predicted molar refractivity (Wildman–Crippen MR) is 83.9 cm³/mol. The first kappa shape index (κ1) is 16.9. The lowest BCUT2D eigenvalue weighted by atomic mass is 10.1. The van der Waals surface area contributed by atoms with E-state index in [0.29, 0.717) is 19.6 Å². The zero-order chi connectivity index (χ0) is 17.5. The maximum Gasteiger partial charge on any atom is 0.354 e. The lowest BCUT2D eigenvalue weighted by molar-refractivity contribution is -0.130. The average molecular weight is 356 g/mol. The molecule has 10 heteroatoms. The summed E-state index contributed by atoms with van der Waals surface area (Å²) in [5.41, 5.74) is 0.158. The van der Waals surface area contributed by atoms with Gasteiger partial charge in [0.25, 0.3) is 10.0 Å². The van der Waals surface area contributed by atoms with Gasteiger partial charge >= 0.3 is 5.97 Å². The average Bonchev–Trinajstić information content (AvgIpc) is 2.96. The lowest BCUT2D eigenvalue weighted by Crippen LogP contribution is -2.64. The molecule has 0 bridgehead atoms. The second kappa shape index (κ2) is 6.19. The molecule has 1 aromatic rings. The van der Waals surface area contributed by atoms with Gasteiger partial charge in [0.1, 0.15) is 11.7 Å². The van der Waals surface area contributed by atoms with Crippen molar-refractivity contribution < 1.29 is 22.7 Å². The van der Waals surface area contributed by atoms with Gasteiger partial charge in [0, 0.05) is 39.8 Å². The molecule has 1 aromatic heterocycles. The van der Waals surface area contributed by atoms with Gasteiger partial charge < -0.3 is 14.6 Å². The Morgan fingerprint density at radius 2 is 2.04 bits per heavy atom. The fourth-order valence-electron chi connectivity index (χ4n) is 3.16. The zero-order valence-corrected chi connectivity index (χ0v) is 14.4. The van der Waals surface area contributed by atoms with E-state index < -0.39 is 22.0 Å². The highest BCUT2D eigenvalue weighted by Gasteiger charge is 2.40. The monoisotopic (exact) mass is 356 g/mol. The zero-order valence-electron chi connectivity index (χ0n) is 13.6. The van der Waals surface area contributed by atoms with E-state index in [4.69, 9.17) is 0 Å². The molecular weight excluding hydrogens is 336 g/mol. The van der Waals surface area contributed by atoms with E-state index in [9.17, 15) is 18.0 Å². The van der Waals surface area contributed by atoms with Crippen LogP contribution in [0.15, 0.2) is 17.2 Å². The van der Waals surface area contributed by atoms with Crippen LogP contribution in [-0.4, -0.2) is 79.9 Å². The van der Waals surface area contributed by atoms with Crippen LogP contribution < -0.4 is 5.32 Å². The number of fused-ring (bicyclic) bond motifs is 1. The Morgan fingerprint density at radius 3 is 2.75 bits per heavy atom. The molecule has 9 nitrogen and oxygen atoms in total. The highest BCUT2D eigenvalue weighted by molar-refractivity contribution is 7.89. The lowest BCUT2D eigenvalue weighted by Gasteiger charge is -2.42. The fraction of sp³-hybridized carbons (Fsp3) is 0.571. The van der Waals surface area contributed by atoms with Gasteiger partial charge in [-0.05, 0) is 12.1 Å². The summed E-state index contributed by atoms with van der Waals surface area (Å²) in [5.74, 6) is -0.751. The summed E-state index contributed by atoms with van der Waals surface area (Å²) in [6.45, 7) is 2.23. The minimum atomic E-state index is -3.81. The van der Waals surface area contributed by atoms with Crippen LogP contribution in [0.3, 0.4) is 0 Å². The molecule has 0 saturated carbocycles. The van der Waals surface area contributed by atoms with Crippen LogP contribution in [0.2, 0.25) is 0 Å². The molecule has 0 aromatic carbocycles. The Hall–Kier alpha value is -1.91. The number of carbonyl (C=O) groups excluding carboxylic acids is 2. The van der Waals surface area contributed by atoms with Crippen molar-refractivity contribution in [2.24, 2.45) is 7.05 Å². The van der Waals surface area contributed by atoms with Crippen LogP contribution in [0.25, 0.3) is 0 Å². The van der Waals surface area contributed by atoms with Gasteiger partial charge in [-0.3, -0.25) is 9.69 Å². The van der Waals surface area contributed by atoms with E-state index >= 15 is 0 Å². The second-order valence-electron chi connectivity index (χ2n) is 5.81. The topological polar surface area (TPSA) is 101 Å². The van der Waals surface area contributed by atoms with Crippen LogP contribution >= 0.6 is 0 Å². The standard InChI is InChI=1S/C14H20N4O5S/c1-16-10(14(20)23-2)3-4-12(16)24(21,22)18-8-7-17-6-5-15-13(19)11(17)9-18/h3-4,11H,5-9H2,1-2H3,(H,15,19)/t11-/m1/s1. The molecule has 2 aliphatic heterocycles. The van der Waals surface area contributed by atoms with Crippen LogP contribution in [-0.2, 0) is 26.6 Å². The molecule has 1 N–H and O–H groups in total. The van der Waals surface area contributed by atoms with Crippen LogP contribution in [0.5, 0.6) is 0 Å². The number of nitrogens with one attached hydrogen (secondary N) is 1. The first-order chi connectivity index (χ1) is 11.4. The summed E-state index contributed by atoms with van der Waals surface area (Å²) >= 11 is 0. The summed E-state index contributed by atoms with van der Waals surface area (Å²) in [5, 5.41) is 2.77. The Kier molecular flexibility index (Phi) is 4.37. The number of nitrogens with zero attached hydrogens (tertiary/aromatic N) is 3. The minimum Gasteiger partial charge on any atom is -0.464 e. The number of methoxy groups -OCH3 is 1. The first-order valence-corrected chi connectivity index (χ1v) is 9.06. The largest absolute Gasteiger partial charge is 0.464 e. The third kappa shape index (κ3) is 2.70. The van der Waals surface area contributed by atoms with E-state index in [1.54, 1.807) is 0 Å². The summed E-state index contributed by atoms with van der Waals surface area (Å²) in [7, 11) is -1.06. The fourth-order valence-corrected chi connectivity index (χ4v) is 4.77. The van der Waals surface area contributed by atoms with Gasteiger partial charge in [-0.25, -0.2) is 13.2 Å². The molecule has 2 fully saturated rings. The number of piperazine rings is 2. The Bertz CT molecular complexity index is 772. The molecule has 132 valence electrons. The number of sulfonamides is 1. The number of esters is 1. The molecule has 0 spiro atoms. The van der Waals surface area contributed by atoms with Crippen molar-refractivity contribution in [2.75, 3.05) is 39.8 Å². The van der Waals surface area contributed by atoms with Gasteiger partial charge in [-0.2, -0.15) is 4.31 Å². The van der Waals surface area contributed by atoms with Crippen molar-refractivity contribution in [1.82, 2.24) is 19.1 Å². The second-order valence-corrected chi connectivity index (χ2v) is 7.70. The molecule has 2 saturated heterocycles. The molecule has 0 unspecified atom stereocenters. The summed E-state index contributed by atoms with van der Waals surface area (Å²) in [6, 6.07) is 2.33. The van der Waals surface area contributed by atoms with E-state index in [0.717, 1.165) is 6.54 Å². The van der Waals surface area contributed by atoms with Crippen molar-refractivity contribution in [2.45, 2.75) is 11.1 Å². The van der Waals surface area contributed by atoms with Crippen molar-refractivity contribution in [1.29, 1.82) is 0 Å². The van der Waals surface area contributed by atoms with E-state index in [1.807, 2.05) is 4.90 Å². The third-order valence-electron chi connectivity index (χ3n) is 4.53. The number of hydrogen-bond donors (Lipinski definition) is 1. The molecule has 1 amide bonds. The van der Waals surface area contributed by atoms with Gasteiger partial charge in [0.2, 0.25) is 5.91 Å². The molecule has 24 heavy (non-hydrogen) atoms. The number of rotatable bonds is 3. The highest BCUT2D eigenvalue weighted by Crippen LogP contribution is 2.23. The van der Waals surface area contributed by atoms with Gasteiger partial charge in [-0.1, -0.05) is 0 Å². The van der Waals surface area contributed by atoms with E-state index in [-0.39, 0.29) is 23.2 Å². The Morgan fingerprint density at radius 1 is 1.29 bits per heavy atom. The number of carbonyl (C=O) groups is 2. The molecule has 3 rings (SSSR count). The van der Waals surface area contributed by atoms with Crippen LogP contribution in [0, 0.1) is 0 Å². The summed E-state index contributed by atoms with van der Waals surface area (Å²) in [4.78, 5) is 25.7. The van der Waals surface area contributed by atoms with E-state index in [1.165, 1.54) is 35.2 Å². The molecule has 1 atom stereocenters. The van der Waals surface area contributed by atoms with Crippen LogP contribution in [0.4, 0.5) is 0 Å². The predicted octanol–water partition coefficient (Wildman–Crippen LogP) is -1.38. The number of hydrogen-bond acceptors (Lipinski definition) is 6. The van der Waals surface area contributed by atoms with Gasteiger partial charge in [0.15, 0.2) is 5.03 Å².